The number of halogens is 1. The minimum atomic E-state index is -0.532. The van der Waals surface area contributed by atoms with Gasteiger partial charge in [0.15, 0.2) is 0 Å². The van der Waals surface area contributed by atoms with Gasteiger partial charge in [-0.25, -0.2) is 0 Å². The minimum absolute atomic E-state index is 0.310. The van der Waals surface area contributed by atoms with Crippen LogP contribution in [0.5, 0.6) is 5.75 Å². The van der Waals surface area contributed by atoms with Crippen molar-refractivity contribution in [3.63, 3.8) is 0 Å². The summed E-state index contributed by atoms with van der Waals surface area (Å²) in [5, 5.41) is 21.9. The van der Waals surface area contributed by atoms with Crippen LogP contribution in [0.15, 0.2) is 36.4 Å². The monoisotopic (exact) mass is 401 g/mol. The van der Waals surface area contributed by atoms with E-state index in [0.29, 0.717) is 18.0 Å². The Morgan fingerprint density at radius 3 is 2.46 bits per heavy atom. The molecule has 2 aromatic rings. The Balaban J connectivity index is 1.41. The van der Waals surface area contributed by atoms with Crippen LogP contribution in [0.4, 0.5) is 0 Å². The standard InChI is InChI=1S/C23H28ClNO3/c1-15-11-19-20(26)13-23(28-22(19)12-16(15)2)7-9-25(10-8-23)14-21(27)17-3-5-18(24)6-4-17/h3-6,11-12,20-21,26-27H,7-10,13-14H2,1-2H3/t20-,21+/m0/s1. The molecule has 2 aliphatic heterocycles. The van der Waals surface area contributed by atoms with Gasteiger partial charge in [-0.05, 0) is 67.6 Å². The Morgan fingerprint density at radius 2 is 1.79 bits per heavy atom. The highest BCUT2D eigenvalue weighted by Crippen LogP contribution is 2.45. The third kappa shape index (κ3) is 3.92. The summed E-state index contributed by atoms with van der Waals surface area (Å²) >= 11 is 5.93. The number of piperidine rings is 1. The number of aliphatic hydroxyl groups is 2. The number of hydrogen-bond acceptors (Lipinski definition) is 4. The molecule has 0 bridgehead atoms. The highest BCUT2D eigenvalue weighted by molar-refractivity contribution is 6.30. The molecule has 1 fully saturated rings. The zero-order valence-corrected chi connectivity index (χ0v) is 17.2. The highest BCUT2D eigenvalue weighted by atomic mass is 35.5. The fourth-order valence-electron chi connectivity index (χ4n) is 4.38. The first kappa shape index (κ1) is 19.7. The first-order valence-electron chi connectivity index (χ1n) is 9.99. The molecule has 0 aromatic heterocycles. The van der Waals surface area contributed by atoms with Gasteiger partial charge in [0.25, 0.3) is 0 Å². The Kier molecular flexibility index (Phi) is 5.41. The van der Waals surface area contributed by atoms with Crippen LogP contribution < -0.4 is 4.74 Å². The van der Waals surface area contributed by atoms with Gasteiger partial charge >= 0.3 is 0 Å². The molecule has 2 atom stereocenters. The molecule has 2 aromatic carbocycles. The molecule has 4 rings (SSSR count). The lowest BCUT2D eigenvalue weighted by atomic mass is 9.81. The Labute approximate surface area is 171 Å². The van der Waals surface area contributed by atoms with Crippen LogP contribution in [0.25, 0.3) is 0 Å². The molecule has 0 amide bonds. The van der Waals surface area contributed by atoms with Crippen LogP contribution in [0.1, 0.15) is 53.7 Å². The normalized spacial score (nSPS) is 22.5. The SMILES string of the molecule is Cc1cc2c(cc1C)[C@@H](O)CC1(CCN(C[C@@H](O)c3ccc(Cl)cc3)CC1)O2. The van der Waals surface area contributed by atoms with Gasteiger partial charge in [0, 0.05) is 36.6 Å². The molecular weight excluding hydrogens is 374 g/mol. The molecular formula is C23H28ClNO3. The predicted molar refractivity (Wildman–Crippen MR) is 111 cm³/mol. The van der Waals surface area contributed by atoms with Gasteiger partial charge in [0.05, 0.1) is 12.2 Å². The zero-order valence-electron chi connectivity index (χ0n) is 16.5. The second-order valence-corrected chi connectivity index (χ2v) is 8.78. The third-order valence-electron chi connectivity index (χ3n) is 6.33. The van der Waals surface area contributed by atoms with E-state index < -0.39 is 12.2 Å². The van der Waals surface area contributed by atoms with Crippen molar-refractivity contribution < 1.29 is 14.9 Å². The smallest absolute Gasteiger partial charge is 0.126 e. The summed E-state index contributed by atoms with van der Waals surface area (Å²) in [7, 11) is 0. The number of aliphatic hydroxyl groups excluding tert-OH is 2. The molecule has 4 nitrogen and oxygen atoms in total. The van der Waals surface area contributed by atoms with Crippen LogP contribution in [0.3, 0.4) is 0 Å². The topological polar surface area (TPSA) is 52.9 Å². The number of benzene rings is 2. The fraction of sp³-hybridized carbons (Fsp3) is 0.478. The van der Waals surface area contributed by atoms with Crippen LogP contribution in [0.2, 0.25) is 5.02 Å². The first-order valence-corrected chi connectivity index (χ1v) is 10.4. The van der Waals surface area contributed by atoms with E-state index >= 15 is 0 Å². The third-order valence-corrected chi connectivity index (χ3v) is 6.58. The summed E-state index contributed by atoms with van der Waals surface area (Å²) in [5.41, 5.74) is 3.86. The van der Waals surface area contributed by atoms with Crippen LogP contribution in [0, 0.1) is 13.8 Å². The molecule has 2 N–H and O–H groups in total. The summed E-state index contributed by atoms with van der Waals surface area (Å²) in [6, 6.07) is 11.5. The number of ether oxygens (including phenoxy) is 1. The van der Waals surface area contributed by atoms with Crippen molar-refractivity contribution in [1.29, 1.82) is 0 Å². The molecule has 0 aliphatic carbocycles. The van der Waals surface area contributed by atoms with E-state index in [1.807, 2.05) is 24.3 Å². The van der Waals surface area contributed by atoms with Gasteiger partial charge < -0.3 is 19.8 Å². The van der Waals surface area contributed by atoms with Gasteiger partial charge in [-0.2, -0.15) is 0 Å². The number of nitrogens with zero attached hydrogens (tertiary/aromatic N) is 1. The van der Waals surface area contributed by atoms with Crippen LogP contribution >= 0.6 is 11.6 Å². The molecule has 28 heavy (non-hydrogen) atoms. The van der Waals surface area contributed by atoms with Gasteiger partial charge in [0.1, 0.15) is 11.4 Å². The van der Waals surface area contributed by atoms with Crippen molar-refractivity contribution >= 4 is 11.6 Å². The van der Waals surface area contributed by atoms with Crippen molar-refractivity contribution in [2.75, 3.05) is 19.6 Å². The number of aryl methyl sites for hydroxylation is 2. The maximum absolute atomic E-state index is 10.7. The van der Waals surface area contributed by atoms with E-state index in [-0.39, 0.29) is 5.60 Å². The molecule has 2 aliphatic rings. The molecule has 1 saturated heterocycles. The van der Waals surface area contributed by atoms with Crippen molar-refractivity contribution in [2.45, 2.75) is 50.9 Å². The van der Waals surface area contributed by atoms with E-state index in [0.717, 1.165) is 42.8 Å². The molecule has 5 heteroatoms. The first-order chi connectivity index (χ1) is 13.3. The van der Waals surface area contributed by atoms with Crippen molar-refractivity contribution in [3.8, 4) is 5.75 Å². The van der Waals surface area contributed by atoms with Crippen molar-refractivity contribution in [1.82, 2.24) is 4.90 Å². The summed E-state index contributed by atoms with van der Waals surface area (Å²) in [4.78, 5) is 2.27. The summed E-state index contributed by atoms with van der Waals surface area (Å²) < 4.78 is 6.45. The quantitative estimate of drug-likeness (QED) is 0.803. The maximum Gasteiger partial charge on any atom is 0.126 e. The van der Waals surface area contributed by atoms with E-state index in [9.17, 15) is 10.2 Å². The molecule has 0 saturated carbocycles. The van der Waals surface area contributed by atoms with Gasteiger partial charge in [-0.1, -0.05) is 23.7 Å². The van der Waals surface area contributed by atoms with Crippen molar-refractivity contribution in [2.24, 2.45) is 0 Å². The Hall–Kier alpha value is -1.59. The van der Waals surface area contributed by atoms with Crippen LogP contribution in [-0.2, 0) is 0 Å². The highest BCUT2D eigenvalue weighted by Gasteiger charge is 2.43. The average molecular weight is 402 g/mol. The lowest BCUT2D eigenvalue weighted by Crippen LogP contribution is -2.51. The lowest BCUT2D eigenvalue weighted by molar-refractivity contribution is -0.0588. The molecule has 150 valence electrons. The average Bonchev–Trinajstić information content (AvgIpc) is 2.66. The number of fused-ring (bicyclic) bond motifs is 1. The minimum Gasteiger partial charge on any atom is -0.487 e. The molecule has 0 radical (unpaired) electrons. The largest absolute Gasteiger partial charge is 0.487 e. The number of hydrogen-bond donors (Lipinski definition) is 2. The fourth-order valence-corrected chi connectivity index (χ4v) is 4.51. The molecule has 2 heterocycles. The summed E-state index contributed by atoms with van der Waals surface area (Å²) in [5.74, 6) is 0.830. The second-order valence-electron chi connectivity index (χ2n) is 8.35. The molecule has 0 unspecified atom stereocenters. The van der Waals surface area contributed by atoms with Crippen LogP contribution in [-0.4, -0.2) is 40.3 Å². The second kappa shape index (κ2) is 7.68. The maximum atomic E-state index is 10.7. The van der Waals surface area contributed by atoms with Crippen molar-refractivity contribution in [3.05, 3.63) is 63.7 Å². The summed E-state index contributed by atoms with van der Waals surface area (Å²) in [6.45, 7) is 6.43. The Morgan fingerprint density at radius 1 is 1.14 bits per heavy atom. The lowest BCUT2D eigenvalue weighted by Gasteiger charge is -2.46. The molecule has 1 spiro atoms. The Bertz CT molecular complexity index is 844. The summed E-state index contributed by atoms with van der Waals surface area (Å²) in [6.07, 6.45) is 1.33. The van der Waals surface area contributed by atoms with E-state index in [1.165, 1.54) is 11.1 Å². The number of rotatable bonds is 3. The van der Waals surface area contributed by atoms with Gasteiger partial charge in [-0.3, -0.25) is 0 Å². The number of likely N-dealkylation sites (tertiary alicyclic amines) is 1. The van der Waals surface area contributed by atoms with E-state index in [1.54, 1.807) is 0 Å². The number of β-amino-alcohol motifs (C(OH)–C–C–N with tert-alkyl or cyclic N) is 1. The predicted octanol–water partition coefficient (Wildman–Crippen LogP) is 4.34. The van der Waals surface area contributed by atoms with Gasteiger partial charge in [-0.15, -0.1) is 0 Å². The van der Waals surface area contributed by atoms with Gasteiger partial charge in [0.2, 0.25) is 0 Å². The van der Waals surface area contributed by atoms with E-state index in [4.69, 9.17) is 16.3 Å². The zero-order chi connectivity index (χ0) is 19.9. The van der Waals surface area contributed by atoms with E-state index in [2.05, 4.69) is 30.9 Å².